The first-order valence-corrected chi connectivity index (χ1v) is 11.5. The third kappa shape index (κ3) is 5.56. The zero-order chi connectivity index (χ0) is 24.7. The smallest absolute Gasteiger partial charge is 0.251 e. The molecule has 1 aliphatic rings. The van der Waals surface area contributed by atoms with E-state index in [4.69, 9.17) is 0 Å². The van der Waals surface area contributed by atoms with Crippen molar-refractivity contribution >= 4 is 29.9 Å². The topological polar surface area (TPSA) is 72.9 Å². The number of carbonyl (C=O) groups excluding carboxylic acids is 2. The van der Waals surface area contributed by atoms with Crippen molar-refractivity contribution < 1.29 is 14.7 Å². The zero-order valence-electron chi connectivity index (χ0n) is 21.6. The van der Waals surface area contributed by atoms with Gasteiger partial charge in [0.05, 0.1) is 0 Å². The molecule has 186 valence electrons. The summed E-state index contributed by atoms with van der Waals surface area (Å²) in [6.45, 7) is 12.5. The number of phenols is 1. The Balaban J connectivity index is 0.00000408. The summed E-state index contributed by atoms with van der Waals surface area (Å²) in [7, 11) is 4.02. The Morgan fingerprint density at radius 2 is 1.76 bits per heavy atom. The second kappa shape index (κ2) is 10.4. The summed E-state index contributed by atoms with van der Waals surface area (Å²) < 4.78 is 0. The minimum atomic E-state index is -0.712. The Kier molecular flexibility index (Phi) is 8.43. The summed E-state index contributed by atoms with van der Waals surface area (Å²) in [5.41, 5.74) is 5.42. The first kappa shape index (κ1) is 27.7. The largest absolute Gasteiger partial charge is 0.507 e. The maximum Gasteiger partial charge on any atom is 0.251 e. The summed E-state index contributed by atoms with van der Waals surface area (Å²) in [5.74, 6) is -0.0318. The molecule has 0 spiro atoms. The molecule has 7 heteroatoms. The van der Waals surface area contributed by atoms with Crippen LogP contribution in [0.25, 0.3) is 0 Å². The molecule has 0 aromatic heterocycles. The Labute approximate surface area is 209 Å². The van der Waals surface area contributed by atoms with Gasteiger partial charge < -0.3 is 20.2 Å². The van der Waals surface area contributed by atoms with Gasteiger partial charge in [0.2, 0.25) is 5.91 Å². The lowest BCUT2D eigenvalue weighted by molar-refractivity contribution is -0.146. The predicted molar refractivity (Wildman–Crippen MR) is 140 cm³/mol. The molecule has 3 rings (SSSR count). The molecular weight excluding hydrogens is 450 g/mol. The van der Waals surface area contributed by atoms with Crippen LogP contribution in [0.15, 0.2) is 24.3 Å². The SMILES string of the molecule is Cc1cc(NC(=O)C2c3cc(CN(C)C)ccc3CCN2C(=O)C(C)(C)C)c(C)c(C)c1O.Cl. The van der Waals surface area contributed by atoms with E-state index in [2.05, 4.69) is 28.4 Å². The van der Waals surface area contributed by atoms with E-state index in [-0.39, 0.29) is 30.0 Å². The van der Waals surface area contributed by atoms with E-state index in [9.17, 15) is 14.7 Å². The molecule has 0 saturated carbocycles. The van der Waals surface area contributed by atoms with Crippen molar-refractivity contribution in [1.82, 2.24) is 9.80 Å². The monoisotopic (exact) mass is 487 g/mol. The fourth-order valence-electron chi connectivity index (χ4n) is 4.46. The molecular formula is C27H38ClN3O3. The lowest BCUT2D eigenvalue weighted by atomic mass is 9.86. The Morgan fingerprint density at radius 3 is 2.35 bits per heavy atom. The van der Waals surface area contributed by atoms with E-state index in [1.807, 2.05) is 55.6 Å². The molecule has 2 amide bonds. The minimum absolute atomic E-state index is 0. The number of aryl methyl sites for hydroxylation is 1. The van der Waals surface area contributed by atoms with Crippen molar-refractivity contribution in [2.45, 2.75) is 60.5 Å². The van der Waals surface area contributed by atoms with E-state index >= 15 is 0 Å². The van der Waals surface area contributed by atoms with Crippen LogP contribution in [-0.4, -0.2) is 47.4 Å². The zero-order valence-corrected chi connectivity index (χ0v) is 22.4. The number of halogens is 1. The third-order valence-electron chi connectivity index (χ3n) is 6.40. The summed E-state index contributed by atoms with van der Waals surface area (Å²) in [6.07, 6.45) is 0.722. The molecule has 0 saturated heterocycles. The molecule has 2 aromatic rings. The number of hydrogen-bond donors (Lipinski definition) is 2. The van der Waals surface area contributed by atoms with Crippen molar-refractivity contribution in [3.8, 4) is 5.75 Å². The fraction of sp³-hybridized carbons (Fsp3) is 0.481. The molecule has 6 nitrogen and oxygen atoms in total. The second-order valence-corrected chi connectivity index (χ2v) is 10.5. The first-order chi connectivity index (χ1) is 15.3. The molecule has 0 radical (unpaired) electrons. The average molecular weight is 488 g/mol. The van der Waals surface area contributed by atoms with Gasteiger partial charge in [0, 0.05) is 24.2 Å². The van der Waals surface area contributed by atoms with E-state index in [1.54, 1.807) is 11.0 Å². The van der Waals surface area contributed by atoms with Crippen molar-refractivity contribution in [1.29, 1.82) is 0 Å². The van der Waals surface area contributed by atoms with Crippen LogP contribution in [0.2, 0.25) is 0 Å². The number of hydrogen-bond acceptors (Lipinski definition) is 4. The van der Waals surface area contributed by atoms with Gasteiger partial charge in [0.25, 0.3) is 5.91 Å². The van der Waals surface area contributed by atoms with Crippen LogP contribution in [0.3, 0.4) is 0 Å². The molecule has 0 fully saturated rings. The number of carbonyl (C=O) groups is 2. The van der Waals surface area contributed by atoms with Crippen LogP contribution in [0.1, 0.15) is 60.2 Å². The van der Waals surface area contributed by atoms with Crippen LogP contribution >= 0.6 is 12.4 Å². The lowest BCUT2D eigenvalue weighted by Gasteiger charge is -2.40. The highest BCUT2D eigenvalue weighted by Gasteiger charge is 2.40. The molecule has 0 bridgehead atoms. The standard InChI is InChI=1S/C27H37N3O3.ClH/c1-16-13-22(17(2)18(3)24(16)31)28-25(32)23-21-14-19(15-29(7)8)9-10-20(21)11-12-30(23)26(33)27(4,5)6;/h9-10,13-14,23,31H,11-12,15H2,1-8H3,(H,28,32);1H. The number of aromatic hydroxyl groups is 1. The lowest BCUT2D eigenvalue weighted by Crippen LogP contribution is -2.49. The molecule has 0 aliphatic carbocycles. The molecule has 34 heavy (non-hydrogen) atoms. The Bertz CT molecular complexity index is 1090. The van der Waals surface area contributed by atoms with Crippen LogP contribution in [0, 0.1) is 26.2 Å². The van der Waals surface area contributed by atoms with Crippen molar-refractivity contribution in [2.24, 2.45) is 5.41 Å². The fourth-order valence-corrected chi connectivity index (χ4v) is 4.46. The van der Waals surface area contributed by atoms with Crippen molar-refractivity contribution in [3.63, 3.8) is 0 Å². The maximum absolute atomic E-state index is 13.8. The van der Waals surface area contributed by atoms with E-state index in [0.717, 1.165) is 40.8 Å². The number of phenolic OH excluding ortho intramolecular Hbond substituents is 1. The number of rotatable bonds is 4. The molecule has 2 N–H and O–H groups in total. The van der Waals surface area contributed by atoms with Gasteiger partial charge in [-0.05, 0) is 80.7 Å². The minimum Gasteiger partial charge on any atom is -0.507 e. The van der Waals surface area contributed by atoms with Gasteiger partial charge in [-0.15, -0.1) is 12.4 Å². The summed E-state index contributed by atoms with van der Waals surface area (Å²) >= 11 is 0. The number of fused-ring (bicyclic) bond motifs is 1. The van der Waals surface area contributed by atoms with Gasteiger partial charge in [0.15, 0.2) is 0 Å². The van der Waals surface area contributed by atoms with Crippen LogP contribution in [0.5, 0.6) is 5.75 Å². The quantitative estimate of drug-likeness (QED) is 0.601. The molecule has 1 unspecified atom stereocenters. The predicted octanol–water partition coefficient (Wildman–Crippen LogP) is 4.91. The average Bonchev–Trinajstić information content (AvgIpc) is 2.73. The molecule has 1 atom stereocenters. The normalized spacial score (nSPS) is 15.6. The second-order valence-electron chi connectivity index (χ2n) is 10.5. The van der Waals surface area contributed by atoms with Gasteiger partial charge in [-0.2, -0.15) is 0 Å². The summed E-state index contributed by atoms with van der Waals surface area (Å²) in [6, 6.07) is 7.34. The van der Waals surface area contributed by atoms with E-state index < -0.39 is 11.5 Å². The Morgan fingerprint density at radius 1 is 1.12 bits per heavy atom. The summed E-state index contributed by atoms with van der Waals surface area (Å²) in [4.78, 5) is 31.0. The van der Waals surface area contributed by atoms with Gasteiger partial charge in [0.1, 0.15) is 11.8 Å². The number of benzene rings is 2. The summed E-state index contributed by atoms with van der Waals surface area (Å²) in [5, 5.41) is 13.3. The third-order valence-corrected chi connectivity index (χ3v) is 6.40. The van der Waals surface area contributed by atoms with E-state index in [0.29, 0.717) is 17.8 Å². The molecule has 2 aromatic carbocycles. The van der Waals surface area contributed by atoms with Gasteiger partial charge in [-0.25, -0.2) is 0 Å². The van der Waals surface area contributed by atoms with Crippen LogP contribution in [0.4, 0.5) is 5.69 Å². The molecule has 1 aliphatic heterocycles. The maximum atomic E-state index is 13.8. The highest BCUT2D eigenvalue weighted by atomic mass is 35.5. The highest BCUT2D eigenvalue weighted by Crippen LogP contribution is 2.36. The van der Waals surface area contributed by atoms with Crippen molar-refractivity contribution in [2.75, 3.05) is 26.0 Å². The van der Waals surface area contributed by atoms with Crippen molar-refractivity contribution in [3.05, 3.63) is 57.6 Å². The van der Waals surface area contributed by atoms with E-state index in [1.165, 1.54) is 0 Å². The van der Waals surface area contributed by atoms with Gasteiger partial charge in [-0.3, -0.25) is 9.59 Å². The number of anilines is 1. The highest BCUT2D eigenvalue weighted by molar-refractivity contribution is 5.99. The number of nitrogens with one attached hydrogen (secondary N) is 1. The van der Waals surface area contributed by atoms with Crippen LogP contribution in [-0.2, 0) is 22.6 Å². The number of nitrogens with zero attached hydrogens (tertiary/aromatic N) is 2. The Hall–Kier alpha value is -2.57. The molecule has 1 heterocycles. The first-order valence-electron chi connectivity index (χ1n) is 11.5. The number of amides is 2. The van der Waals surface area contributed by atoms with Gasteiger partial charge >= 0.3 is 0 Å². The van der Waals surface area contributed by atoms with Crippen LogP contribution < -0.4 is 5.32 Å². The van der Waals surface area contributed by atoms with Gasteiger partial charge in [-0.1, -0.05) is 39.0 Å².